The maximum absolute atomic E-state index is 6.38. The number of hydrogen-bond donors (Lipinski definition) is 1. The van der Waals surface area contributed by atoms with Crippen LogP contribution in [0.25, 0.3) is 0 Å². The highest BCUT2D eigenvalue weighted by atomic mass is 16.5. The van der Waals surface area contributed by atoms with E-state index in [1.54, 1.807) is 13.4 Å². The van der Waals surface area contributed by atoms with Gasteiger partial charge in [0.15, 0.2) is 11.5 Å². The fraction of sp³-hybridized carbons (Fsp3) is 0.611. The highest BCUT2D eigenvalue weighted by Crippen LogP contribution is 2.47. The number of rotatable bonds is 4. The molecule has 1 heterocycles. The summed E-state index contributed by atoms with van der Waals surface area (Å²) in [7, 11) is 1.72. The van der Waals surface area contributed by atoms with E-state index in [9.17, 15) is 0 Å². The van der Waals surface area contributed by atoms with Gasteiger partial charge in [-0.2, -0.15) is 0 Å². The van der Waals surface area contributed by atoms with Gasteiger partial charge < -0.3 is 14.8 Å². The molecule has 4 rings (SSSR count). The Labute approximate surface area is 131 Å². The third-order valence-electron chi connectivity index (χ3n) is 5.48. The molecule has 1 N–H and O–H groups in total. The molecule has 0 saturated heterocycles. The average molecular weight is 300 g/mol. The van der Waals surface area contributed by atoms with Gasteiger partial charge in [0.05, 0.1) is 13.4 Å². The fourth-order valence-corrected chi connectivity index (χ4v) is 4.26. The Kier molecular flexibility index (Phi) is 3.68. The Hall–Kier alpha value is -1.71. The lowest BCUT2D eigenvalue weighted by Crippen LogP contribution is -2.27. The second-order valence-corrected chi connectivity index (χ2v) is 6.84. The smallest absolute Gasteiger partial charge is 0.161 e. The van der Waals surface area contributed by atoms with Crippen LogP contribution in [0.15, 0.2) is 23.2 Å². The average Bonchev–Trinajstić information content (AvgIpc) is 3.18. The molecule has 1 aromatic rings. The molecule has 1 aliphatic heterocycles. The topological polar surface area (TPSA) is 42.8 Å². The SMILES string of the molecule is COc1ccc(C2CN=CNC2)cc1O[C@@H]1C[C@@H]2CC[C@@H]1C2. The van der Waals surface area contributed by atoms with E-state index in [0.717, 1.165) is 36.4 Å². The lowest BCUT2D eigenvalue weighted by Gasteiger charge is -2.25. The first-order chi connectivity index (χ1) is 10.8. The molecule has 4 atom stereocenters. The normalized spacial score (nSPS) is 32.8. The highest BCUT2D eigenvalue weighted by molar-refractivity contribution is 5.56. The maximum atomic E-state index is 6.38. The zero-order valence-electron chi connectivity index (χ0n) is 13.1. The Morgan fingerprint density at radius 1 is 1.18 bits per heavy atom. The third-order valence-corrected chi connectivity index (χ3v) is 5.48. The first-order valence-corrected chi connectivity index (χ1v) is 8.39. The van der Waals surface area contributed by atoms with Crippen LogP contribution >= 0.6 is 0 Å². The van der Waals surface area contributed by atoms with Gasteiger partial charge in [-0.05, 0) is 55.2 Å². The first-order valence-electron chi connectivity index (χ1n) is 8.39. The molecule has 118 valence electrons. The summed E-state index contributed by atoms with van der Waals surface area (Å²) in [4.78, 5) is 4.33. The van der Waals surface area contributed by atoms with Gasteiger partial charge in [0.1, 0.15) is 6.10 Å². The van der Waals surface area contributed by atoms with Crippen LogP contribution in [0.1, 0.15) is 37.2 Å². The Balaban J connectivity index is 1.55. The van der Waals surface area contributed by atoms with Crippen LogP contribution in [-0.2, 0) is 0 Å². The van der Waals surface area contributed by atoms with Crippen molar-refractivity contribution in [3.8, 4) is 11.5 Å². The number of aliphatic imine (C=N–C) groups is 1. The van der Waals surface area contributed by atoms with Crippen LogP contribution in [0.5, 0.6) is 11.5 Å². The molecule has 2 saturated carbocycles. The molecule has 1 aromatic carbocycles. The lowest BCUT2D eigenvalue weighted by atomic mass is 9.96. The predicted octanol–water partition coefficient (Wildman–Crippen LogP) is 2.98. The minimum atomic E-state index is 0.380. The minimum absolute atomic E-state index is 0.380. The van der Waals surface area contributed by atoms with E-state index in [0.29, 0.717) is 12.0 Å². The lowest BCUT2D eigenvalue weighted by molar-refractivity contribution is 0.133. The van der Waals surface area contributed by atoms with E-state index in [-0.39, 0.29) is 0 Å². The van der Waals surface area contributed by atoms with Crippen molar-refractivity contribution in [2.75, 3.05) is 20.2 Å². The van der Waals surface area contributed by atoms with Crippen molar-refractivity contribution >= 4 is 6.34 Å². The van der Waals surface area contributed by atoms with Gasteiger partial charge in [-0.15, -0.1) is 0 Å². The Bertz CT molecular complexity index is 572. The molecule has 1 unspecified atom stereocenters. The fourth-order valence-electron chi connectivity index (χ4n) is 4.26. The first kappa shape index (κ1) is 13.9. The van der Waals surface area contributed by atoms with E-state index in [2.05, 4.69) is 22.4 Å². The van der Waals surface area contributed by atoms with Gasteiger partial charge in [-0.25, -0.2) is 0 Å². The molecular weight excluding hydrogens is 276 g/mol. The van der Waals surface area contributed by atoms with Crippen LogP contribution in [-0.4, -0.2) is 32.6 Å². The van der Waals surface area contributed by atoms with Gasteiger partial charge in [0.25, 0.3) is 0 Å². The Morgan fingerprint density at radius 3 is 2.82 bits per heavy atom. The summed E-state index contributed by atoms with van der Waals surface area (Å²) in [5.74, 6) is 3.81. The van der Waals surface area contributed by atoms with Gasteiger partial charge in [-0.1, -0.05) is 6.07 Å². The summed E-state index contributed by atoms with van der Waals surface area (Å²) in [5.41, 5.74) is 1.28. The molecule has 0 spiro atoms. The third kappa shape index (κ3) is 2.55. The predicted molar refractivity (Wildman–Crippen MR) is 87.0 cm³/mol. The number of nitrogens with one attached hydrogen (secondary N) is 1. The molecular formula is C18H24N2O2. The van der Waals surface area contributed by atoms with Gasteiger partial charge >= 0.3 is 0 Å². The zero-order valence-corrected chi connectivity index (χ0v) is 13.1. The molecule has 4 nitrogen and oxygen atoms in total. The van der Waals surface area contributed by atoms with E-state index < -0.39 is 0 Å². The maximum Gasteiger partial charge on any atom is 0.161 e. The molecule has 2 aliphatic carbocycles. The summed E-state index contributed by atoms with van der Waals surface area (Å²) in [5, 5.41) is 3.21. The van der Waals surface area contributed by atoms with E-state index in [1.165, 1.54) is 31.2 Å². The largest absolute Gasteiger partial charge is 0.493 e. The molecule has 22 heavy (non-hydrogen) atoms. The van der Waals surface area contributed by atoms with Crippen molar-refractivity contribution < 1.29 is 9.47 Å². The zero-order chi connectivity index (χ0) is 14.9. The minimum Gasteiger partial charge on any atom is -0.493 e. The van der Waals surface area contributed by atoms with Crippen molar-refractivity contribution in [2.45, 2.75) is 37.7 Å². The van der Waals surface area contributed by atoms with Gasteiger partial charge in [0.2, 0.25) is 0 Å². The number of methoxy groups -OCH3 is 1. The second-order valence-electron chi connectivity index (χ2n) is 6.84. The number of ether oxygens (including phenoxy) is 2. The quantitative estimate of drug-likeness (QED) is 0.929. The summed E-state index contributed by atoms with van der Waals surface area (Å²) in [6.07, 6.45) is 7.48. The molecule has 3 aliphatic rings. The van der Waals surface area contributed by atoms with Gasteiger partial charge in [0, 0.05) is 19.0 Å². The van der Waals surface area contributed by atoms with E-state index >= 15 is 0 Å². The van der Waals surface area contributed by atoms with Crippen molar-refractivity contribution in [3.05, 3.63) is 23.8 Å². The highest BCUT2D eigenvalue weighted by Gasteiger charge is 2.41. The molecule has 0 aromatic heterocycles. The molecule has 0 amide bonds. The summed E-state index contributed by atoms with van der Waals surface area (Å²) in [6, 6.07) is 6.34. The van der Waals surface area contributed by atoms with Crippen molar-refractivity contribution in [2.24, 2.45) is 16.8 Å². The summed E-state index contributed by atoms with van der Waals surface area (Å²) in [6.45, 7) is 1.77. The number of benzene rings is 1. The van der Waals surface area contributed by atoms with Crippen LogP contribution < -0.4 is 14.8 Å². The Morgan fingerprint density at radius 2 is 2.14 bits per heavy atom. The molecule has 0 radical (unpaired) electrons. The number of fused-ring (bicyclic) bond motifs is 2. The van der Waals surface area contributed by atoms with Gasteiger partial charge in [-0.3, -0.25) is 4.99 Å². The second kappa shape index (κ2) is 5.82. The molecule has 2 fully saturated rings. The molecule has 2 bridgehead atoms. The number of hydrogen-bond acceptors (Lipinski definition) is 4. The van der Waals surface area contributed by atoms with Crippen LogP contribution in [0.3, 0.4) is 0 Å². The number of nitrogens with zero attached hydrogens (tertiary/aromatic N) is 1. The van der Waals surface area contributed by atoms with Crippen LogP contribution in [0.4, 0.5) is 0 Å². The van der Waals surface area contributed by atoms with E-state index in [1.807, 2.05) is 6.07 Å². The standard InChI is InChI=1S/C18H24N2O2/c1-21-16-5-4-13(15-9-19-11-20-10-15)8-18(16)22-17-7-12-2-3-14(17)6-12/h4-5,8,11-12,14-15,17H,2-3,6-7,9-10H2,1H3,(H,19,20)/t12-,14-,17-/m1/s1. The monoisotopic (exact) mass is 300 g/mol. The van der Waals surface area contributed by atoms with Crippen LogP contribution in [0, 0.1) is 11.8 Å². The molecule has 4 heteroatoms. The van der Waals surface area contributed by atoms with Crippen molar-refractivity contribution in [3.63, 3.8) is 0 Å². The summed E-state index contributed by atoms with van der Waals surface area (Å²) < 4.78 is 11.9. The van der Waals surface area contributed by atoms with E-state index in [4.69, 9.17) is 9.47 Å². The van der Waals surface area contributed by atoms with Crippen molar-refractivity contribution in [1.82, 2.24) is 5.32 Å². The summed E-state index contributed by atoms with van der Waals surface area (Å²) >= 11 is 0. The van der Waals surface area contributed by atoms with Crippen LogP contribution in [0.2, 0.25) is 0 Å². The van der Waals surface area contributed by atoms with Crippen molar-refractivity contribution in [1.29, 1.82) is 0 Å².